The molecule has 3 amide bonds. The molecule has 3 N–H and O–H groups in total. The zero-order valence-electron chi connectivity index (χ0n) is 13.7. The highest BCUT2D eigenvalue weighted by molar-refractivity contribution is 7.12. The Balaban J connectivity index is 1.81. The molecule has 0 unspecified atom stereocenters. The summed E-state index contributed by atoms with van der Waals surface area (Å²) >= 11 is 1.35. The second-order valence-electron chi connectivity index (χ2n) is 5.03. The minimum absolute atomic E-state index is 0.112. The second-order valence-corrected chi connectivity index (χ2v) is 5.98. The highest BCUT2D eigenvalue weighted by atomic mass is 32.1. The van der Waals surface area contributed by atoms with Crippen molar-refractivity contribution in [3.63, 3.8) is 0 Å². The lowest BCUT2D eigenvalue weighted by molar-refractivity contribution is -0.120. The SMILES string of the molecule is COCCNC(=O)CNC(=O)c1ccc(NC(=O)c2cccs2)cc1. The van der Waals surface area contributed by atoms with Crippen molar-refractivity contribution in [2.24, 2.45) is 0 Å². The molecule has 0 radical (unpaired) electrons. The first-order valence-corrected chi connectivity index (χ1v) is 8.47. The Morgan fingerprint density at radius 1 is 1.04 bits per heavy atom. The van der Waals surface area contributed by atoms with E-state index in [1.54, 1.807) is 43.5 Å². The molecule has 0 fully saturated rings. The van der Waals surface area contributed by atoms with E-state index in [0.717, 1.165) is 0 Å². The predicted octanol–water partition coefficient (Wildman–Crippen LogP) is 1.49. The Bertz CT molecular complexity index is 714. The minimum Gasteiger partial charge on any atom is -0.383 e. The van der Waals surface area contributed by atoms with Crippen LogP contribution in [0.2, 0.25) is 0 Å². The molecule has 2 rings (SSSR count). The van der Waals surface area contributed by atoms with E-state index in [0.29, 0.717) is 29.3 Å². The Kier molecular flexibility index (Phi) is 7.12. The predicted molar refractivity (Wildman–Crippen MR) is 95.9 cm³/mol. The van der Waals surface area contributed by atoms with Crippen LogP contribution in [0.1, 0.15) is 20.0 Å². The lowest BCUT2D eigenvalue weighted by atomic mass is 10.2. The monoisotopic (exact) mass is 361 g/mol. The van der Waals surface area contributed by atoms with Gasteiger partial charge in [-0.05, 0) is 35.7 Å². The van der Waals surface area contributed by atoms with Gasteiger partial charge in [-0.15, -0.1) is 11.3 Å². The Labute approximate surface area is 149 Å². The molecule has 0 aliphatic heterocycles. The van der Waals surface area contributed by atoms with Gasteiger partial charge < -0.3 is 20.7 Å². The van der Waals surface area contributed by atoms with E-state index >= 15 is 0 Å². The maximum atomic E-state index is 12.0. The number of hydrogen-bond donors (Lipinski definition) is 3. The summed E-state index contributed by atoms with van der Waals surface area (Å²) in [5.74, 6) is -0.844. The molecule has 8 heteroatoms. The van der Waals surface area contributed by atoms with Crippen LogP contribution in [0.5, 0.6) is 0 Å². The van der Waals surface area contributed by atoms with E-state index in [-0.39, 0.29) is 24.3 Å². The van der Waals surface area contributed by atoms with Crippen LogP contribution in [0.15, 0.2) is 41.8 Å². The van der Waals surface area contributed by atoms with Crippen LogP contribution in [-0.4, -0.2) is 44.5 Å². The van der Waals surface area contributed by atoms with Gasteiger partial charge in [-0.25, -0.2) is 0 Å². The van der Waals surface area contributed by atoms with Crippen molar-refractivity contribution in [3.05, 3.63) is 52.2 Å². The fourth-order valence-electron chi connectivity index (χ4n) is 1.92. The third-order valence-electron chi connectivity index (χ3n) is 3.19. The third-order valence-corrected chi connectivity index (χ3v) is 4.06. The molecule has 0 atom stereocenters. The summed E-state index contributed by atoms with van der Waals surface area (Å²) in [6.45, 7) is 0.696. The summed E-state index contributed by atoms with van der Waals surface area (Å²) in [6.07, 6.45) is 0. The largest absolute Gasteiger partial charge is 0.383 e. The molecule has 0 spiro atoms. The quantitative estimate of drug-likeness (QED) is 0.621. The summed E-state index contributed by atoms with van der Waals surface area (Å²) in [6, 6.07) is 9.99. The number of hydrogen-bond acceptors (Lipinski definition) is 5. The van der Waals surface area contributed by atoms with Gasteiger partial charge in [0.05, 0.1) is 18.0 Å². The van der Waals surface area contributed by atoms with Crippen LogP contribution in [0, 0.1) is 0 Å². The first-order chi connectivity index (χ1) is 12.1. The molecule has 1 aromatic carbocycles. The summed E-state index contributed by atoms with van der Waals surface area (Å²) in [7, 11) is 1.54. The van der Waals surface area contributed by atoms with Crippen LogP contribution in [0.4, 0.5) is 5.69 Å². The highest BCUT2D eigenvalue weighted by Gasteiger charge is 2.10. The van der Waals surface area contributed by atoms with E-state index in [1.165, 1.54) is 11.3 Å². The smallest absolute Gasteiger partial charge is 0.265 e. The van der Waals surface area contributed by atoms with Crippen LogP contribution in [0.25, 0.3) is 0 Å². The fourth-order valence-corrected chi connectivity index (χ4v) is 2.54. The first kappa shape index (κ1) is 18.6. The fraction of sp³-hybridized carbons (Fsp3) is 0.235. The van der Waals surface area contributed by atoms with Crippen LogP contribution in [-0.2, 0) is 9.53 Å². The first-order valence-electron chi connectivity index (χ1n) is 7.59. The van der Waals surface area contributed by atoms with Crippen molar-refractivity contribution >= 4 is 34.7 Å². The van der Waals surface area contributed by atoms with Crippen molar-refractivity contribution < 1.29 is 19.1 Å². The molecule has 132 valence electrons. The Morgan fingerprint density at radius 2 is 1.80 bits per heavy atom. The minimum atomic E-state index is -0.363. The van der Waals surface area contributed by atoms with E-state index in [1.807, 2.05) is 5.38 Å². The summed E-state index contributed by atoms with van der Waals surface area (Å²) in [4.78, 5) is 36.1. The van der Waals surface area contributed by atoms with Gasteiger partial charge in [-0.3, -0.25) is 14.4 Å². The molecule has 7 nitrogen and oxygen atoms in total. The molecular weight excluding hydrogens is 342 g/mol. The van der Waals surface area contributed by atoms with Gasteiger partial charge in [-0.2, -0.15) is 0 Å². The van der Waals surface area contributed by atoms with Crippen molar-refractivity contribution in [2.75, 3.05) is 32.1 Å². The van der Waals surface area contributed by atoms with Crippen molar-refractivity contribution in [2.45, 2.75) is 0 Å². The van der Waals surface area contributed by atoms with E-state index in [2.05, 4.69) is 16.0 Å². The van der Waals surface area contributed by atoms with E-state index < -0.39 is 0 Å². The molecular formula is C17H19N3O4S. The number of rotatable bonds is 8. The number of amides is 3. The number of ether oxygens (including phenoxy) is 1. The number of thiophene rings is 1. The second kappa shape index (κ2) is 9.55. The third kappa shape index (κ3) is 6.02. The van der Waals surface area contributed by atoms with E-state index in [4.69, 9.17) is 4.74 Å². The van der Waals surface area contributed by atoms with Gasteiger partial charge in [0, 0.05) is 24.9 Å². The number of methoxy groups -OCH3 is 1. The maximum absolute atomic E-state index is 12.0. The Morgan fingerprint density at radius 3 is 2.44 bits per heavy atom. The van der Waals surface area contributed by atoms with Gasteiger partial charge in [0.15, 0.2) is 0 Å². The molecule has 2 aromatic rings. The average Bonchev–Trinajstić information content (AvgIpc) is 3.15. The van der Waals surface area contributed by atoms with Gasteiger partial charge >= 0.3 is 0 Å². The van der Waals surface area contributed by atoms with E-state index in [9.17, 15) is 14.4 Å². The number of nitrogens with one attached hydrogen (secondary N) is 3. The summed E-state index contributed by atoms with van der Waals surface area (Å²) < 4.78 is 4.82. The molecule has 1 heterocycles. The number of anilines is 1. The zero-order valence-corrected chi connectivity index (χ0v) is 14.5. The van der Waals surface area contributed by atoms with Crippen molar-refractivity contribution in [1.29, 1.82) is 0 Å². The molecule has 0 aliphatic carbocycles. The van der Waals surface area contributed by atoms with Crippen LogP contribution in [0.3, 0.4) is 0 Å². The normalized spacial score (nSPS) is 10.1. The zero-order chi connectivity index (χ0) is 18.1. The van der Waals surface area contributed by atoms with Gasteiger partial charge in [0.1, 0.15) is 0 Å². The summed E-state index contributed by atoms with van der Waals surface area (Å²) in [5, 5.41) is 9.72. The molecule has 0 bridgehead atoms. The Hall–Kier alpha value is -2.71. The number of carbonyl (C=O) groups excluding carboxylic acids is 3. The molecule has 0 aliphatic rings. The van der Waals surface area contributed by atoms with Gasteiger partial charge in [0.2, 0.25) is 5.91 Å². The number of benzene rings is 1. The molecule has 1 aromatic heterocycles. The standard InChI is InChI=1S/C17H19N3O4S/c1-24-9-8-18-15(21)11-19-16(22)12-4-6-13(7-5-12)20-17(23)14-3-2-10-25-14/h2-7,10H,8-9,11H2,1H3,(H,18,21)(H,19,22)(H,20,23). The van der Waals surface area contributed by atoms with Gasteiger partial charge in [0.25, 0.3) is 11.8 Å². The van der Waals surface area contributed by atoms with Crippen LogP contribution < -0.4 is 16.0 Å². The van der Waals surface area contributed by atoms with Gasteiger partial charge in [-0.1, -0.05) is 6.07 Å². The highest BCUT2D eigenvalue weighted by Crippen LogP contribution is 2.14. The lowest BCUT2D eigenvalue weighted by Crippen LogP contribution is -2.38. The number of carbonyl (C=O) groups is 3. The molecule has 0 saturated carbocycles. The lowest BCUT2D eigenvalue weighted by Gasteiger charge is -2.08. The molecule has 25 heavy (non-hydrogen) atoms. The average molecular weight is 361 g/mol. The molecule has 0 saturated heterocycles. The maximum Gasteiger partial charge on any atom is 0.265 e. The topological polar surface area (TPSA) is 96.5 Å². The summed E-state index contributed by atoms with van der Waals surface area (Å²) in [5.41, 5.74) is 0.992. The van der Waals surface area contributed by atoms with Crippen LogP contribution >= 0.6 is 11.3 Å². The van der Waals surface area contributed by atoms with Crippen molar-refractivity contribution in [3.8, 4) is 0 Å². The van der Waals surface area contributed by atoms with Crippen molar-refractivity contribution in [1.82, 2.24) is 10.6 Å².